The van der Waals surface area contributed by atoms with Crippen LogP contribution in [0.5, 0.6) is 0 Å². The third-order valence-corrected chi connectivity index (χ3v) is 4.39. The lowest BCUT2D eigenvalue weighted by Gasteiger charge is -2.26. The van der Waals surface area contributed by atoms with Gasteiger partial charge in [-0.1, -0.05) is 13.8 Å². The molecule has 0 spiro atoms. The Hall–Kier alpha value is -0.870. The Morgan fingerprint density at radius 1 is 1.37 bits per heavy atom. The molecule has 1 heterocycles. The minimum absolute atomic E-state index is 0.105. The van der Waals surface area contributed by atoms with Gasteiger partial charge in [0, 0.05) is 25.0 Å². The van der Waals surface area contributed by atoms with Crippen LogP contribution < -0.4 is 5.32 Å². The number of carbonyl (C=O) groups is 1. The van der Waals surface area contributed by atoms with Crippen molar-refractivity contribution < 1.29 is 4.79 Å². The summed E-state index contributed by atoms with van der Waals surface area (Å²) in [5, 5.41) is 5.60. The van der Waals surface area contributed by atoms with Gasteiger partial charge >= 0.3 is 0 Å². The molecule has 0 aromatic carbocycles. The second-order valence-electron chi connectivity index (χ2n) is 5.77. The van der Waals surface area contributed by atoms with Crippen LogP contribution in [0, 0.1) is 12.8 Å². The average molecular weight is 282 g/mol. The fourth-order valence-corrected chi connectivity index (χ4v) is 3.17. The van der Waals surface area contributed by atoms with E-state index in [1.54, 1.807) is 16.2 Å². The first-order valence-corrected chi connectivity index (χ1v) is 7.72. The summed E-state index contributed by atoms with van der Waals surface area (Å²) in [4.78, 5) is 15.2. The van der Waals surface area contributed by atoms with E-state index in [0.717, 1.165) is 6.42 Å². The molecule has 0 aliphatic rings. The number of rotatable bonds is 6. The Bertz CT molecular complexity index is 412. The average Bonchev–Trinajstić information content (AvgIpc) is 2.72. The largest absolute Gasteiger partial charge is 0.347 e. The highest BCUT2D eigenvalue weighted by atomic mass is 32.1. The number of carbonyl (C=O) groups excluding carboxylic acids is 1. The van der Waals surface area contributed by atoms with Crippen LogP contribution in [0.1, 0.15) is 43.7 Å². The molecule has 1 amide bonds. The molecule has 1 rings (SSSR count). The Morgan fingerprint density at radius 2 is 2.00 bits per heavy atom. The quantitative estimate of drug-likeness (QED) is 0.869. The second kappa shape index (κ2) is 7.06. The molecular formula is C15H26N2OS. The van der Waals surface area contributed by atoms with E-state index in [1.807, 2.05) is 14.1 Å². The molecule has 0 radical (unpaired) electrons. The van der Waals surface area contributed by atoms with Gasteiger partial charge in [-0.05, 0) is 43.2 Å². The van der Waals surface area contributed by atoms with Crippen molar-refractivity contribution in [3.8, 4) is 0 Å². The van der Waals surface area contributed by atoms with E-state index in [-0.39, 0.29) is 18.0 Å². The third-order valence-electron chi connectivity index (χ3n) is 3.19. The maximum Gasteiger partial charge on any atom is 0.239 e. The zero-order chi connectivity index (χ0) is 14.6. The highest BCUT2D eigenvalue weighted by Crippen LogP contribution is 2.24. The summed E-state index contributed by atoms with van der Waals surface area (Å²) < 4.78 is 0. The molecule has 2 atom stereocenters. The van der Waals surface area contributed by atoms with Crippen LogP contribution in [0.25, 0.3) is 0 Å². The van der Waals surface area contributed by atoms with Crippen molar-refractivity contribution in [3.63, 3.8) is 0 Å². The summed E-state index contributed by atoms with van der Waals surface area (Å²) in [6.45, 7) is 8.56. The van der Waals surface area contributed by atoms with E-state index in [1.165, 1.54) is 10.4 Å². The van der Waals surface area contributed by atoms with Crippen LogP contribution >= 0.6 is 11.3 Å². The standard InChI is InChI=1S/C15H26N2OS/c1-10(2)9-13(15(18)17(5)6)16-12(4)14-11(3)7-8-19-14/h7-8,10,12-13,16H,9H2,1-6H3. The Balaban J connectivity index is 2.77. The van der Waals surface area contributed by atoms with Crippen LogP contribution in [-0.4, -0.2) is 30.9 Å². The zero-order valence-electron chi connectivity index (χ0n) is 12.9. The number of aryl methyl sites for hydroxylation is 1. The first-order valence-electron chi connectivity index (χ1n) is 6.84. The molecule has 0 bridgehead atoms. The number of amides is 1. The van der Waals surface area contributed by atoms with Crippen molar-refractivity contribution in [1.82, 2.24) is 10.2 Å². The number of nitrogens with zero attached hydrogens (tertiary/aromatic N) is 1. The van der Waals surface area contributed by atoms with E-state index in [2.05, 4.69) is 44.5 Å². The van der Waals surface area contributed by atoms with Gasteiger partial charge in [0.1, 0.15) is 0 Å². The molecule has 108 valence electrons. The van der Waals surface area contributed by atoms with Gasteiger partial charge in [-0.2, -0.15) is 0 Å². The first-order chi connectivity index (χ1) is 8.82. The van der Waals surface area contributed by atoms with Crippen molar-refractivity contribution in [3.05, 3.63) is 21.9 Å². The van der Waals surface area contributed by atoms with Gasteiger partial charge in [0.15, 0.2) is 0 Å². The van der Waals surface area contributed by atoms with E-state index < -0.39 is 0 Å². The van der Waals surface area contributed by atoms with E-state index in [0.29, 0.717) is 5.92 Å². The molecule has 2 unspecified atom stereocenters. The highest BCUT2D eigenvalue weighted by molar-refractivity contribution is 7.10. The second-order valence-corrected chi connectivity index (χ2v) is 6.72. The molecule has 0 saturated carbocycles. The normalized spacial score (nSPS) is 14.5. The van der Waals surface area contributed by atoms with Crippen molar-refractivity contribution in [2.24, 2.45) is 5.92 Å². The van der Waals surface area contributed by atoms with E-state index >= 15 is 0 Å². The predicted molar refractivity (Wildman–Crippen MR) is 82.5 cm³/mol. The number of thiophene rings is 1. The molecular weight excluding hydrogens is 256 g/mol. The number of nitrogens with one attached hydrogen (secondary N) is 1. The van der Waals surface area contributed by atoms with Gasteiger partial charge < -0.3 is 4.90 Å². The SMILES string of the molecule is Cc1ccsc1C(C)NC(CC(C)C)C(=O)N(C)C. The highest BCUT2D eigenvalue weighted by Gasteiger charge is 2.24. The van der Waals surface area contributed by atoms with Crippen molar-refractivity contribution in [2.75, 3.05) is 14.1 Å². The summed E-state index contributed by atoms with van der Waals surface area (Å²) in [5.74, 6) is 0.660. The van der Waals surface area contributed by atoms with Gasteiger partial charge in [-0.15, -0.1) is 11.3 Å². The van der Waals surface area contributed by atoms with Crippen molar-refractivity contribution in [2.45, 2.75) is 46.2 Å². The summed E-state index contributed by atoms with van der Waals surface area (Å²) >= 11 is 1.75. The molecule has 0 saturated heterocycles. The summed E-state index contributed by atoms with van der Waals surface area (Å²) in [6, 6.07) is 2.24. The van der Waals surface area contributed by atoms with Gasteiger partial charge in [0.2, 0.25) is 5.91 Å². The molecule has 0 aliphatic carbocycles. The molecule has 0 aliphatic heterocycles. The molecule has 1 N–H and O–H groups in total. The topological polar surface area (TPSA) is 32.3 Å². The van der Waals surface area contributed by atoms with Crippen LogP contribution in [0.3, 0.4) is 0 Å². The van der Waals surface area contributed by atoms with Gasteiger partial charge in [0.05, 0.1) is 6.04 Å². The summed E-state index contributed by atoms with van der Waals surface area (Å²) in [6.07, 6.45) is 0.867. The zero-order valence-corrected chi connectivity index (χ0v) is 13.7. The Kier molecular flexibility index (Phi) is 6.01. The number of hydrogen-bond donors (Lipinski definition) is 1. The number of likely N-dealkylation sites (N-methyl/N-ethyl adjacent to an activating group) is 1. The van der Waals surface area contributed by atoms with Crippen LogP contribution in [0.2, 0.25) is 0 Å². The van der Waals surface area contributed by atoms with Gasteiger partial charge in [0.25, 0.3) is 0 Å². The minimum atomic E-state index is -0.105. The smallest absolute Gasteiger partial charge is 0.239 e. The monoisotopic (exact) mass is 282 g/mol. The fraction of sp³-hybridized carbons (Fsp3) is 0.667. The molecule has 0 fully saturated rings. The van der Waals surface area contributed by atoms with Crippen LogP contribution in [0.4, 0.5) is 0 Å². The van der Waals surface area contributed by atoms with Crippen molar-refractivity contribution in [1.29, 1.82) is 0 Å². The summed E-state index contributed by atoms with van der Waals surface area (Å²) in [5.41, 5.74) is 1.30. The lowest BCUT2D eigenvalue weighted by atomic mass is 10.0. The van der Waals surface area contributed by atoms with E-state index in [9.17, 15) is 4.79 Å². The van der Waals surface area contributed by atoms with E-state index in [4.69, 9.17) is 0 Å². The maximum absolute atomic E-state index is 12.2. The molecule has 4 heteroatoms. The molecule has 1 aromatic heterocycles. The Morgan fingerprint density at radius 3 is 2.42 bits per heavy atom. The lowest BCUT2D eigenvalue weighted by molar-refractivity contribution is -0.131. The predicted octanol–water partition coefficient (Wildman–Crippen LogP) is 3.21. The molecule has 19 heavy (non-hydrogen) atoms. The first kappa shape index (κ1) is 16.2. The van der Waals surface area contributed by atoms with Gasteiger partial charge in [-0.25, -0.2) is 0 Å². The lowest BCUT2D eigenvalue weighted by Crippen LogP contribution is -2.45. The van der Waals surface area contributed by atoms with Crippen molar-refractivity contribution >= 4 is 17.2 Å². The maximum atomic E-state index is 12.2. The summed E-state index contributed by atoms with van der Waals surface area (Å²) in [7, 11) is 3.64. The minimum Gasteiger partial charge on any atom is -0.347 e. The number of hydrogen-bond acceptors (Lipinski definition) is 3. The van der Waals surface area contributed by atoms with Crippen LogP contribution in [0.15, 0.2) is 11.4 Å². The molecule has 3 nitrogen and oxygen atoms in total. The fourth-order valence-electron chi connectivity index (χ4n) is 2.23. The van der Waals surface area contributed by atoms with Crippen LogP contribution in [-0.2, 0) is 4.79 Å². The molecule has 1 aromatic rings. The third kappa shape index (κ3) is 4.62. The van der Waals surface area contributed by atoms with Gasteiger partial charge in [-0.3, -0.25) is 10.1 Å². The Labute approximate surface area is 121 Å².